The van der Waals surface area contributed by atoms with Crippen LogP contribution in [-0.2, 0) is 25.7 Å². The molecule has 0 aromatic heterocycles. The van der Waals surface area contributed by atoms with Gasteiger partial charge in [-0.1, -0.05) is 78.9 Å². The summed E-state index contributed by atoms with van der Waals surface area (Å²) in [4.78, 5) is 38.6. The summed E-state index contributed by atoms with van der Waals surface area (Å²) < 4.78 is 10.2. The first kappa shape index (κ1) is 24.9. The van der Waals surface area contributed by atoms with Crippen molar-refractivity contribution < 1.29 is 29.0 Å². The summed E-state index contributed by atoms with van der Waals surface area (Å²) in [6.07, 6.45) is -2.12. The van der Waals surface area contributed by atoms with Crippen LogP contribution in [0.5, 0.6) is 0 Å². The second-order valence-corrected chi connectivity index (χ2v) is 8.59. The Labute approximate surface area is 209 Å². The molecule has 186 valence electrons. The zero-order chi connectivity index (χ0) is 25.7. The number of carbonyl (C=O) groups is 3. The van der Waals surface area contributed by atoms with Crippen molar-refractivity contribution in [2.45, 2.75) is 37.6 Å². The molecular formula is C28H28N2O6. The molecule has 4 rings (SSSR count). The van der Waals surface area contributed by atoms with Gasteiger partial charge in [-0.2, -0.15) is 0 Å². The first-order valence-electron chi connectivity index (χ1n) is 11.6. The lowest BCUT2D eigenvalue weighted by molar-refractivity contribution is -0.146. The number of methoxy groups -OCH3 is 1. The highest BCUT2D eigenvalue weighted by molar-refractivity contribution is 5.92. The van der Waals surface area contributed by atoms with Crippen molar-refractivity contribution in [2.75, 3.05) is 7.11 Å². The molecule has 0 saturated carbocycles. The first-order valence-corrected chi connectivity index (χ1v) is 11.6. The number of benzene rings is 3. The highest BCUT2D eigenvalue weighted by atomic mass is 16.5. The summed E-state index contributed by atoms with van der Waals surface area (Å²) >= 11 is 0. The zero-order valence-corrected chi connectivity index (χ0v) is 20.0. The molecule has 0 unspecified atom stereocenters. The molecule has 36 heavy (non-hydrogen) atoms. The highest BCUT2D eigenvalue weighted by Crippen LogP contribution is 2.46. The highest BCUT2D eigenvalue weighted by Gasteiger charge is 2.41. The van der Waals surface area contributed by atoms with Crippen LogP contribution < -0.4 is 10.6 Å². The molecule has 0 saturated heterocycles. The number of aliphatic hydroxyl groups excluding tert-OH is 1. The Morgan fingerprint density at radius 1 is 0.861 bits per heavy atom. The molecule has 8 nitrogen and oxygen atoms in total. The number of ether oxygens (including phenoxy) is 2. The lowest BCUT2D eigenvalue weighted by atomic mass is 9.89. The van der Waals surface area contributed by atoms with Crippen LogP contribution in [0.1, 0.15) is 29.5 Å². The summed E-state index contributed by atoms with van der Waals surface area (Å²) in [5, 5.41) is 15.4. The van der Waals surface area contributed by atoms with Gasteiger partial charge in [0.1, 0.15) is 18.7 Å². The fourth-order valence-corrected chi connectivity index (χ4v) is 4.50. The van der Waals surface area contributed by atoms with Gasteiger partial charge in [0.2, 0.25) is 5.91 Å². The zero-order valence-electron chi connectivity index (χ0n) is 20.0. The smallest absolute Gasteiger partial charge is 0.408 e. The number of carbonyl (C=O) groups excluding carboxylic acids is 3. The molecule has 0 heterocycles. The molecule has 1 aliphatic carbocycles. The molecular weight excluding hydrogens is 460 g/mol. The topological polar surface area (TPSA) is 114 Å². The van der Waals surface area contributed by atoms with E-state index in [4.69, 9.17) is 9.47 Å². The Balaban J connectivity index is 1.54. The van der Waals surface area contributed by atoms with Crippen molar-refractivity contribution in [3.8, 4) is 11.1 Å². The van der Waals surface area contributed by atoms with E-state index in [9.17, 15) is 19.5 Å². The standard InChI is InChI=1S/C28H28N2O6/c1-17(31)24(30-28(34)36-16-18-10-4-3-5-11-18)26(32)29-25(27(33)35-2)23-21-14-8-6-12-19(21)20-13-7-9-15-22(20)23/h3-15,17,23-25,31H,16H2,1-2H3,(H,29,32)(H,30,34)/t17-,24+,25+/m1/s1. The maximum atomic E-state index is 13.3. The van der Waals surface area contributed by atoms with Crippen molar-refractivity contribution in [3.05, 3.63) is 95.6 Å². The Hall–Kier alpha value is -4.17. The van der Waals surface area contributed by atoms with Gasteiger partial charge >= 0.3 is 12.1 Å². The van der Waals surface area contributed by atoms with Crippen molar-refractivity contribution in [2.24, 2.45) is 0 Å². The second kappa shape index (κ2) is 11.0. The Morgan fingerprint density at radius 2 is 1.42 bits per heavy atom. The van der Waals surface area contributed by atoms with Crippen LogP contribution in [-0.4, -0.2) is 48.4 Å². The van der Waals surface area contributed by atoms with Gasteiger partial charge in [-0.25, -0.2) is 9.59 Å². The minimum atomic E-state index is -1.35. The SMILES string of the molecule is COC(=O)[C@@H](NC(=O)[C@@H](NC(=O)OCc1ccccc1)[C@@H](C)O)C1c2ccccc2-c2ccccc21. The molecule has 8 heteroatoms. The third-order valence-corrected chi connectivity index (χ3v) is 6.22. The maximum Gasteiger partial charge on any atom is 0.408 e. The predicted molar refractivity (Wildman–Crippen MR) is 133 cm³/mol. The Kier molecular flexibility index (Phi) is 7.65. The lowest BCUT2D eigenvalue weighted by Gasteiger charge is -2.27. The quantitative estimate of drug-likeness (QED) is 0.420. The van der Waals surface area contributed by atoms with E-state index < -0.39 is 42.1 Å². The first-order chi connectivity index (χ1) is 17.4. The van der Waals surface area contributed by atoms with E-state index in [1.807, 2.05) is 66.7 Å². The average Bonchev–Trinajstić information content (AvgIpc) is 3.23. The summed E-state index contributed by atoms with van der Waals surface area (Å²) in [5.41, 5.74) is 4.46. The van der Waals surface area contributed by atoms with Crippen molar-refractivity contribution >= 4 is 18.0 Å². The Morgan fingerprint density at radius 3 is 1.97 bits per heavy atom. The van der Waals surface area contributed by atoms with Gasteiger partial charge in [0, 0.05) is 5.92 Å². The minimum Gasteiger partial charge on any atom is -0.467 e. The molecule has 0 fully saturated rings. The van der Waals surface area contributed by atoms with E-state index in [0.717, 1.165) is 27.8 Å². The van der Waals surface area contributed by atoms with Crippen molar-refractivity contribution in [1.29, 1.82) is 0 Å². The number of hydrogen-bond acceptors (Lipinski definition) is 6. The third-order valence-electron chi connectivity index (χ3n) is 6.22. The van der Waals surface area contributed by atoms with Crippen LogP contribution >= 0.6 is 0 Å². The number of nitrogens with one attached hydrogen (secondary N) is 2. The van der Waals surface area contributed by atoms with E-state index in [-0.39, 0.29) is 6.61 Å². The molecule has 0 bridgehead atoms. The van der Waals surface area contributed by atoms with Crippen LogP contribution in [0.4, 0.5) is 4.79 Å². The van der Waals surface area contributed by atoms with Gasteiger partial charge in [0.05, 0.1) is 13.2 Å². The predicted octanol–water partition coefficient (Wildman–Crippen LogP) is 3.13. The van der Waals surface area contributed by atoms with E-state index in [2.05, 4.69) is 10.6 Å². The lowest BCUT2D eigenvalue weighted by Crippen LogP contribution is -2.57. The van der Waals surface area contributed by atoms with Gasteiger partial charge in [-0.15, -0.1) is 0 Å². The van der Waals surface area contributed by atoms with Gasteiger partial charge < -0.3 is 25.2 Å². The number of fused-ring (bicyclic) bond motifs is 3. The molecule has 0 aliphatic heterocycles. The van der Waals surface area contributed by atoms with Crippen LogP contribution in [0.15, 0.2) is 78.9 Å². The van der Waals surface area contributed by atoms with Crippen molar-refractivity contribution in [1.82, 2.24) is 10.6 Å². The number of alkyl carbamates (subject to hydrolysis) is 1. The van der Waals surface area contributed by atoms with Gasteiger partial charge in [0.15, 0.2) is 0 Å². The maximum absolute atomic E-state index is 13.3. The van der Waals surface area contributed by atoms with Crippen LogP contribution in [0.2, 0.25) is 0 Å². The van der Waals surface area contributed by atoms with Crippen LogP contribution in [0.3, 0.4) is 0 Å². The molecule has 3 aromatic carbocycles. The normalized spacial score (nSPS) is 14.5. The number of rotatable bonds is 8. The molecule has 3 N–H and O–H groups in total. The summed E-state index contributed by atoms with van der Waals surface area (Å²) in [7, 11) is 1.25. The van der Waals surface area contributed by atoms with Gasteiger partial charge in [-0.05, 0) is 34.7 Å². The van der Waals surface area contributed by atoms with E-state index in [1.165, 1.54) is 14.0 Å². The summed E-state index contributed by atoms with van der Waals surface area (Å²) in [6, 6.07) is 21.9. The van der Waals surface area contributed by atoms with Gasteiger partial charge in [0.25, 0.3) is 0 Å². The number of aliphatic hydroxyl groups is 1. The van der Waals surface area contributed by atoms with Crippen LogP contribution in [0, 0.1) is 0 Å². The molecule has 2 amide bonds. The summed E-state index contributed by atoms with van der Waals surface area (Å²) in [6.45, 7) is 1.37. The number of hydrogen-bond donors (Lipinski definition) is 3. The minimum absolute atomic E-state index is 0.00124. The molecule has 3 atom stereocenters. The van der Waals surface area contributed by atoms with Crippen molar-refractivity contribution in [3.63, 3.8) is 0 Å². The summed E-state index contributed by atoms with van der Waals surface area (Å²) in [5.74, 6) is -1.89. The monoisotopic (exact) mass is 488 g/mol. The van der Waals surface area contributed by atoms with E-state index in [1.54, 1.807) is 12.1 Å². The van der Waals surface area contributed by atoms with E-state index >= 15 is 0 Å². The third kappa shape index (κ3) is 5.23. The van der Waals surface area contributed by atoms with Gasteiger partial charge in [-0.3, -0.25) is 4.79 Å². The fourth-order valence-electron chi connectivity index (χ4n) is 4.50. The Bertz CT molecular complexity index is 1200. The molecule has 1 aliphatic rings. The largest absolute Gasteiger partial charge is 0.467 e. The number of amides is 2. The average molecular weight is 489 g/mol. The molecule has 3 aromatic rings. The second-order valence-electron chi connectivity index (χ2n) is 8.59. The fraction of sp³-hybridized carbons (Fsp3) is 0.250. The number of esters is 1. The molecule has 0 radical (unpaired) electrons. The molecule has 0 spiro atoms. The van der Waals surface area contributed by atoms with E-state index in [0.29, 0.717) is 0 Å². The van der Waals surface area contributed by atoms with Crippen LogP contribution in [0.25, 0.3) is 11.1 Å².